The summed E-state index contributed by atoms with van der Waals surface area (Å²) in [7, 11) is -5.02. The Morgan fingerprint density at radius 1 is 1.11 bits per heavy atom. The Labute approximate surface area is 270 Å². The summed E-state index contributed by atoms with van der Waals surface area (Å²) in [6, 6.07) is -2.98. The molecule has 4 atom stereocenters. The molecule has 256 valence electrons. The van der Waals surface area contributed by atoms with Crippen molar-refractivity contribution in [1.29, 1.82) is 0 Å². The van der Waals surface area contributed by atoms with Gasteiger partial charge in [-0.3, -0.25) is 24.3 Å². The van der Waals surface area contributed by atoms with Crippen molar-refractivity contribution in [2.75, 3.05) is 5.32 Å². The minimum atomic E-state index is -5.02. The Balaban J connectivity index is 1.92. The third-order valence-corrected chi connectivity index (χ3v) is 8.16. The molecule has 1 aromatic rings. The predicted molar refractivity (Wildman–Crippen MR) is 164 cm³/mol. The van der Waals surface area contributed by atoms with E-state index in [-0.39, 0.29) is 33.5 Å². The van der Waals surface area contributed by atoms with E-state index in [4.69, 9.17) is 14.3 Å². The normalized spacial score (nSPS) is 22.5. The van der Waals surface area contributed by atoms with Crippen LogP contribution in [0.2, 0.25) is 0 Å². The summed E-state index contributed by atoms with van der Waals surface area (Å²) in [5.74, 6) is -4.08. The van der Waals surface area contributed by atoms with Crippen LogP contribution in [0.15, 0.2) is 10.5 Å². The van der Waals surface area contributed by atoms with Gasteiger partial charge in [0.2, 0.25) is 11.5 Å². The molecule has 0 bridgehead atoms. The number of anilines is 1. The van der Waals surface area contributed by atoms with Gasteiger partial charge in [0.15, 0.2) is 10.8 Å². The van der Waals surface area contributed by atoms with Crippen LogP contribution in [-0.2, 0) is 43.8 Å². The van der Waals surface area contributed by atoms with Crippen molar-refractivity contribution < 1.29 is 51.3 Å². The third-order valence-electron chi connectivity index (χ3n) is 6.45. The van der Waals surface area contributed by atoms with Crippen molar-refractivity contribution >= 4 is 62.3 Å². The number of nitrogens with one attached hydrogen (secondary N) is 3. The van der Waals surface area contributed by atoms with Crippen molar-refractivity contribution in [3.8, 4) is 0 Å². The van der Waals surface area contributed by atoms with Crippen molar-refractivity contribution in [1.82, 2.24) is 19.9 Å². The van der Waals surface area contributed by atoms with E-state index in [1.165, 1.54) is 19.2 Å². The van der Waals surface area contributed by atoms with Crippen molar-refractivity contribution in [3.05, 3.63) is 11.1 Å². The van der Waals surface area contributed by atoms with Gasteiger partial charge in [0, 0.05) is 17.3 Å². The molecule has 1 aromatic heterocycles. The first-order valence-electron chi connectivity index (χ1n) is 14.3. The molecule has 17 nitrogen and oxygen atoms in total. The van der Waals surface area contributed by atoms with E-state index < -0.39 is 74.7 Å². The molecule has 0 aliphatic carbocycles. The van der Waals surface area contributed by atoms with Gasteiger partial charge in [-0.25, -0.2) is 18.9 Å². The summed E-state index contributed by atoms with van der Waals surface area (Å²) in [6.45, 7) is 14.4. The molecule has 0 saturated carbocycles. The molecule has 2 aliphatic heterocycles. The van der Waals surface area contributed by atoms with Crippen LogP contribution in [0.5, 0.6) is 0 Å². The van der Waals surface area contributed by atoms with Crippen LogP contribution < -0.4 is 16.0 Å². The number of thiazole rings is 1. The maximum atomic E-state index is 13.6. The van der Waals surface area contributed by atoms with Crippen LogP contribution >= 0.6 is 11.3 Å². The Hall–Kier alpha value is -3.84. The quantitative estimate of drug-likeness (QED) is 0.0905. The van der Waals surface area contributed by atoms with E-state index in [1.54, 1.807) is 48.5 Å². The second-order valence-electron chi connectivity index (χ2n) is 13.4. The topological polar surface area (TPSA) is 232 Å². The smallest absolute Gasteiger partial charge is 0.413 e. The first kappa shape index (κ1) is 36.6. The van der Waals surface area contributed by atoms with Gasteiger partial charge in [-0.15, -0.1) is 11.3 Å². The molecule has 2 fully saturated rings. The van der Waals surface area contributed by atoms with Gasteiger partial charge in [0.1, 0.15) is 22.9 Å². The molecule has 2 aliphatic rings. The van der Waals surface area contributed by atoms with Gasteiger partial charge in [-0.1, -0.05) is 5.16 Å². The first-order chi connectivity index (χ1) is 20.9. The highest BCUT2D eigenvalue weighted by molar-refractivity contribution is 7.84. The average molecular weight is 689 g/mol. The summed E-state index contributed by atoms with van der Waals surface area (Å²) in [6.07, 6.45) is -0.657. The number of hydrogen-bond acceptors (Lipinski definition) is 13. The van der Waals surface area contributed by atoms with Gasteiger partial charge in [-0.05, 0) is 75.2 Å². The van der Waals surface area contributed by atoms with E-state index in [1.807, 2.05) is 0 Å². The lowest BCUT2D eigenvalue weighted by molar-refractivity contribution is -0.179. The van der Waals surface area contributed by atoms with Gasteiger partial charge >= 0.3 is 22.4 Å². The van der Waals surface area contributed by atoms with Gasteiger partial charge in [0.05, 0.1) is 6.04 Å². The van der Waals surface area contributed by atoms with Crippen molar-refractivity contribution in [3.63, 3.8) is 0 Å². The third kappa shape index (κ3) is 9.35. The van der Waals surface area contributed by atoms with Crippen LogP contribution in [0, 0.1) is 5.92 Å². The van der Waals surface area contributed by atoms with Crippen molar-refractivity contribution in [2.45, 2.75) is 110 Å². The van der Waals surface area contributed by atoms with Crippen LogP contribution in [0.25, 0.3) is 0 Å². The van der Waals surface area contributed by atoms with Crippen LogP contribution in [0.3, 0.4) is 0 Å². The molecule has 4 amide bonds. The molecule has 0 spiro atoms. The molecule has 4 N–H and O–H groups in total. The SMILES string of the molecule is CC1C[C@H](C[C@@H]2[C@H](NC(=O)/C(=N\OC(C)(C)C(=O)OC(C)(C)C)c3csc(NC(=O)OC(C)(C)C)n3)C(=O)N2S(=O)(=O)O)C(=O)N1. The lowest BCUT2D eigenvalue weighted by atomic mass is 9.87. The largest absolute Gasteiger partial charge is 0.457 e. The summed E-state index contributed by atoms with van der Waals surface area (Å²) in [5.41, 5.74) is -4.08. The van der Waals surface area contributed by atoms with Crippen LogP contribution in [0.4, 0.5) is 9.93 Å². The number of carbonyl (C=O) groups is 5. The fraction of sp³-hybridized carbons (Fsp3) is 0.667. The number of rotatable bonds is 10. The van der Waals surface area contributed by atoms with Crippen molar-refractivity contribution in [2.24, 2.45) is 11.1 Å². The number of nitrogens with zero attached hydrogens (tertiary/aromatic N) is 3. The monoisotopic (exact) mass is 688 g/mol. The minimum absolute atomic E-state index is 0.00710. The van der Waals surface area contributed by atoms with E-state index >= 15 is 0 Å². The number of esters is 1. The standard InChI is InChI=1S/C27H40N6O11S2/c1-13-10-14(19(34)28-13)11-16-18(21(36)33(16)46(39,40)41)30-20(35)17(32-44-27(8,9)22(37)42-25(2,3)4)15-12-45-23(29-15)31-24(38)43-26(5,6)7/h12-14,16,18H,10-11H2,1-9H3,(H,28,34)(H,30,35)(H,29,31,38)(H,39,40,41)/b32-17-/t13?,14-,16-,18+/m1/s1. The number of hydrogen-bond donors (Lipinski definition) is 4. The molecule has 1 unspecified atom stereocenters. The van der Waals surface area contributed by atoms with Crippen LogP contribution in [0.1, 0.15) is 80.8 Å². The maximum absolute atomic E-state index is 13.6. The summed E-state index contributed by atoms with van der Waals surface area (Å²) >= 11 is 0.899. The number of aromatic nitrogens is 1. The fourth-order valence-electron chi connectivity index (χ4n) is 4.48. The Morgan fingerprint density at radius 3 is 2.24 bits per heavy atom. The van der Waals surface area contributed by atoms with Gasteiger partial charge < -0.3 is 24.9 Å². The lowest BCUT2D eigenvalue weighted by Gasteiger charge is -2.45. The molecular formula is C27H40N6O11S2. The molecule has 46 heavy (non-hydrogen) atoms. The Kier molecular flexibility index (Phi) is 10.4. The molecular weight excluding hydrogens is 648 g/mol. The first-order valence-corrected chi connectivity index (χ1v) is 16.5. The zero-order valence-electron chi connectivity index (χ0n) is 27.0. The summed E-state index contributed by atoms with van der Waals surface area (Å²) < 4.78 is 44.5. The minimum Gasteiger partial charge on any atom is -0.457 e. The van der Waals surface area contributed by atoms with E-state index in [0.29, 0.717) is 6.42 Å². The molecule has 19 heteroatoms. The van der Waals surface area contributed by atoms with Gasteiger partial charge in [0.25, 0.3) is 11.8 Å². The molecule has 3 heterocycles. The highest BCUT2D eigenvalue weighted by Gasteiger charge is 2.55. The number of carbonyl (C=O) groups excluding carboxylic acids is 5. The van der Waals surface area contributed by atoms with Gasteiger partial charge in [-0.2, -0.15) is 8.42 Å². The molecule has 2 saturated heterocycles. The Morgan fingerprint density at radius 2 is 1.72 bits per heavy atom. The second kappa shape index (κ2) is 13.1. The lowest BCUT2D eigenvalue weighted by Crippen LogP contribution is -2.72. The number of oxime groups is 1. The number of amides is 4. The average Bonchev–Trinajstić information content (AvgIpc) is 3.44. The number of β-lactam (4-membered cyclic amide) rings is 1. The molecule has 0 aromatic carbocycles. The van der Waals surface area contributed by atoms with E-state index in [0.717, 1.165) is 11.3 Å². The Bertz CT molecular complexity index is 1520. The zero-order valence-corrected chi connectivity index (χ0v) is 28.6. The summed E-state index contributed by atoms with van der Waals surface area (Å²) in [5, 5.41) is 12.7. The summed E-state index contributed by atoms with van der Waals surface area (Å²) in [4.78, 5) is 73.5. The van der Waals surface area contributed by atoms with E-state index in [9.17, 15) is 36.9 Å². The zero-order chi connectivity index (χ0) is 35.0. The second-order valence-corrected chi connectivity index (χ2v) is 15.6. The number of ether oxygens (including phenoxy) is 2. The van der Waals surface area contributed by atoms with E-state index in [2.05, 4.69) is 26.1 Å². The fourth-order valence-corrected chi connectivity index (χ4v) is 6.06. The molecule has 0 radical (unpaired) electrons. The highest BCUT2D eigenvalue weighted by Crippen LogP contribution is 2.32. The maximum Gasteiger partial charge on any atom is 0.413 e. The predicted octanol–water partition coefficient (Wildman–Crippen LogP) is 1.74. The highest BCUT2D eigenvalue weighted by atomic mass is 32.2. The molecule has 3 rings (SSSR count). The van der Waals surface area contributed by atoms with Crippen LogP contribution in [-0.4, -0.2) is 92.7 Å².